The molecular formula is C12H11NO2S. The molecule has 2 rings (SSSR count). The van der Waals surface area contributed by atoms with Crippen molar-refractivity contribution in [1.29, 1.82) is 0 Å². The Morgan fingerprint density at radius 1 is 1.19 bits per heavy atom. The van der Waals surface area contributed by atoms with Crippen LogP contribution in [0.5, 0.6) is 0 Å². The topological polar surface area (TPSA) is 49.3 Å². The van der Waals surface area contributed by atoms with Gasteiger partial charge in [0.1, 0.15) is 4.88 Å². The number of anilines is 1. The molecule has 0 radical (unpaired) electrons. The molecule has 0 unspecified atom stereocenters. The summed E-state index contributed by atoms with van der Waals surface area (Å²) in [5.74, 6) is -0.877. The number of aromatic carboxylic acids is 1. The molecule has 0 saturated heterocycles. The predicted octanol–water partition coefficient (Wildman–Crippen LogP) is 3.06. The van der Waals surface area contributed by atoms with E-state index < -0.39 is 5.97 Å². The first-order valence-electron chi connectivity index (χ1n) is 4.86. The van der Waals surface area contributed by atoms with Crippen molar-refractivity contribution in [3.63, 3.8) is 0 Å². The van der Waals surface area contributed by atoms with Crippen molar-refractivity contribution in [3.8, 4) is 0 Å². The monoisotopic (exact) mass is 233 g/mol. The average molecular weight is 233 g/mol. The van der Waals surface area contributed by atoms with Crippen molar-refractivity contribution < 1.29 is 9.90 Å². The fourth-order valence-corrected chi connectivity index (χ4v) is 2.07. The summed E-state index contributed by atoms with van der Waals surface area (Å²) < 4.78 is 0. The molecule has 0 aliphatic heterocycles. The van der Waals surface area contributed by atoms with Crippen LogP contribution < -0.4 is 5.32 Å². The summed E-state index contributed by atoms with van der Waals surface area (Å²) in [7, 11) is 0. The first kappa shape index (κ1) is 10.7. The lowest BCUT2D eigenvalue weighted by molar-refractivity contribution is 0.0702. The number of hydrogen-bond acceptors (Lipinski definition) is 3. The summed E-state index contributed by atoms with van der Waals surface area (Å²) in [6.07, 6.45) is 0. The third-order valence-corrected chi connectivity index (χ3v) is 3.16. The van der Waals surface area contributed by atoms with Crippen LogP contribution in [0.25, 0.3) is 0 Å². The molecule has 1 aromatic carbocycles. The van der Waals surface area contributed by atoms with E-state index in [0.717, 1.165) is 5.00 Å². The lowest BCUT2D eigenvalue weighted by Gasteiger charge is -2.02. The SMILES string of the molecule is O=C(O)c1ccc(NCc2ccccc2)s1. The van der Waals surface area contributed by atoms with Crippen molar-refractivity contribution in [2.24, 2.45) is 0 Å². The minimum absolute atomic E-state index is 0.357. The Morgan fingerprint density at radius 2 is 1.94 bits per heavy atom. The minimum atomic E-state index is -0.877. The Hall–Kier alpha value is -1.81. The highest BCUT2D eigenvalue weighted by atomic mass is 32.1. The molecule has 1 aromatic heterocycles. The zero-order valence-electron chi connectivity index (χ0n) is 8.51. The van der Waals surface area contributed by atoms with E-state index in [1.807, 2.05) is 30.3 Å². The highest BCUT2D eigenvalue weighted by molar-refractivity contribution is 7.17. The third-order valence-electron chi connectivity index (χ3n) is 2.13. The van der Waals surface area contributed by atoms with Gasteiger partial charge in [-0.05, 0) is 17.7 Å². The summed E-state index contributed by atoms with van der Waals surface area (Å²) in [4.78, 5) is 11.0. The van der Waals surface area contributed by atoms with Gasteiger partial charge in [-0.3, -0.25) is 0 Å². The highest BCUT2D eigenvalue weighted by Gasteiger charge is 2.05. The van der Waals surface area contributed by atoms with Crippen molar-refractivity contribution in [2.75, 3.05) is 5.32 Å². The number of carbonyl (C=O) groups is 1. The van der Waals surface area contributed by atoms with Gasteiger partial charge >= 0.3 is 5.97 Å². The van der Waals surface area contributed by atoms with E-state index in [0.29, 0.717) is 11.4 Å². The molecule has 16 heavy (non-hydrogen) atoms. The van der Waals surface area contributed by atoms with Gasteiger partial charge < -0.3 is 10.4 Å². The van der Waals surface area contributed by atoms with Gasteiger partial charge in [-0.2, -0.15) is 0 Å². The van der Waals surface area contributed by atoms with E-state index in [1.165, 1.54) is 16.9 Å². The number of carboxylic acids is 1. The highest BCUT2D eigenvalue weighted by Crippen LogP contribution is 2.22. The molecule has 0 spiro atoms. The van der Waals surface area contributed by atoms with Crippen molar-refractivity contribution in [1.82, 2.24) is 0 Å². The van der Waals surface area contributed by atoms with E-state index in [4.69, 9.17) is 5.11 Å². The molecule has 0 atom stereocenters. The average Bonchev–Trinajstić information content (AvgIpc) is 2.76. The van der Waals surface area contributed by atoms with Crippen LogP contribution in [0, 0.1) is 0 Å². The molecule has 82 valence electrons. The number of nitrogens with one attached hydrogen (secondary N) is 1. The molecule has 0 aliphatic rings. The van der Waals surface area contributed by atoms with Gasteiger partial charge in [-0.1, -0.05) is 30.3 Å². The van der Waals surface area contributed by atoms with Crippen LogP contribution in [0.3, 0.4) is 0 Å². The fraction of sp³-hybridized carbons (Fsp3) is 0.0833. The standard InChI is InChI=1S/C12H11NO2S/c14-12(15)10-6-7-11(16-10)13-8-9-4-2-1-3-5-9/h1-7,13H,8H2,(H,14,15). The normalized spacial score (nSPS) is 10.0. The van der Waals surface area contributed by atoms with Crippen LogP contribution in [-0.4, -0.2) is 11.1 Å². The van der Waals surface area contributed by atoms with Crippen LogP contribution in [0.15, 0.2) is 42.5 Å². The van der Waals surface area contributed by atoms with Gasteiger partial charge in [0.15, 0.2) is 0 Å². The van der Waals surface area contributed by atoms with Crippen molar-refractivity contribution in [3.05, 3.63) is 52.9 Å². The zero-order valence-corrected chi connectivity index (χ0v) is 9.33. The van der Waals surface area contributed by atoms with E-state index in [9.17, 15) is 4.79 Å². The molecule has 3 nitrogen and oxygen atoms in total. The smallest absolute Gasteiger partial charge is 0.345 e. The molecule has 0 saturated carbocycles. The first-order valence-corrected chi connectivity index (χ1v) is 5.68. The first-order chi connectivity index (χ1) is 7.75. The second-order valence-electron chi connectivity index (χ2n) is 3.31. The Balaban J connectivity index is 1.97. The van der Waals surface area contributed by atoms with Gasteiger partial charge in [0.2, 0.25) is 0 Å². The second kappa shape index (κ2) is 4.81. The van der Waals surface area contributed by atoms with Crippen molar-refractivity contribution >= 4 is 22.3 Å². The summed E-state index contributed by atoms with van der Waals surface area (Å²) >= 11 is 1.25. The molecule has 0 amide bonds. The van der Waals surface area contributed by atoms with Crippen LogP contribution in [-0.2, 0) is 6.54 Å². The van der Waals surface area contributed by atoms with Gasteiger partial charge in [-0.25, -0.2) is 4.79 Å². The largest absolute Gasteiger partial charge is 0.477 e. The molecule has 1 heterocycles. The molecule has 0 bridgehead atoms. The number of thiophene rings is 1. The van der Waals surface area contributed by atoms with Gasteiger partial charge in [-0.15, -0.1) is 11.3 Å². The van der Waals surface area contributed by atoms with Crippen LogP contribution >= 0.6 is 11.3 Å². The maximum atomic E-state index is 10.7. The minimum Gasteiger partial charge on any atom is -0.477 e. The lowest BCUT2D eigenvalue weighted by atomic mass is 10.2. The van der Waals surface area contributed by atoms with Gasteiger partial charge in [0.25, 0.3) is 0 Å². The van der Waals surface area contributed by atoms with Gasteiger partial charge in [0, 0.05) is 6.54 Å². The number of benzene rings is 1. The van der Waals surface area contributed by atoms with E-state index >= 15 is 0 Å². The van der Waals surface area contributed by atoms with Crippen LogP contribution in [0.4, 0.5) is 5.00 Å². The maximum absolute atomic E-state index is 10.7. The third kappa shape index (κ3) is 2.61. The lowest BCUT2D eigenvalue weighted by Crippen LogP contribution is -1.96. The van der Waals surface area contributed by atoms with E-state index in [-0.39, 0.29) is 0 Å². The molecule has 2 N–H and O–H groups in total. The Labute approximate surface area is 97.4 Å². The summed E-state index contributed by atoms with van der Waals surface area (Å²) in [6, 6.07) is 13.4. The summed E-state index contributed by atoms with van der Waals surface area (Å²) in [5.41, 5.74) is 1.17. The predicted molar refractivity (Wildman–Crippen MR) is 65.0 cm³/mol. The Morgan fingerprint density at radius 3 is 2.56 bits per heavy atom. The van der Waals surface area contributed by atoms with E-state index in [1.54, 1.807) is 12.1 Å². The zero-order chi connectivity index (χ0) is 11.4. The molecule has 0 aliphatic carbocycles. The maximum Gasteiger partial charge on any atom is 0.345 e. The Kier molecular flexibility index (Phi) is 3.22. The second-order valence-corrected chi connectivity index (χ2v) is 4.39. The number of rotatable bonds is 4. The van der Waals surface area contributed by atoms with Crippen LogP contribution in [0.2, 0.25) is 0 Å². The van der Waals surface area contributed by atoms with Crippen LogP contribution in [0.1, 0.15) is 15.2 Å². The number of carboxylic acid groups (broad SMARTS) is 1. The van der Waals surface area contributed by atoms with E-state index in [2.05, 4.69) is 5.32 Å². The quantitative estimate of drug-likeness (QED) is 0.853. The fourth-order valence-electron chi connectivity index (χ4n) is 1.33. The summed E-state index contributed by atoms with van der Waals surface area (Å²) in [6.45, 7) is 0.709. The summed E-state index contributed by atoms with van der Waals surface area (Å²) in [5, 5.41) is 12.8. The molecule has 0 fully saturated rings. The molecular weight excluding hydrogens is 222 g/mol. The molecule has 4 heteroatoms. The van der Waals surface area contributed by atoms with Gasteiger partial charge in [0.05, 0.1) is 5.00 Å². The van der Waals surface area contributed by atoms with Crippen molar-refractivity contribution in [2.45, 2.75) is 6.54 Å². The Bertz CT molecular complexity index is 479. The molecule has 2 aromatic rings. The number of hydrogen-bond donors (Lipinski definition) is 2.